The van der Waals surface area contributed by atoms with Gasteiger partial charge in [0.1, 0.15) is 11.5 Å². The van der Waals surface area contributed by atoms with Crippen molar-refractivity contribution in [2.75, 3.05) is 13.2 Å². The molecule has 0 spiro atoms. The van der Waals surface area contributed by atoms with Crippen LogP contribution in [0.3, 0.4) is 0 Å². The van der Waals surface area contributed by atoms with Crippen molar-refractivity contribution in [2.45, 2.75) is 69.9 Å². The molecule has 0 bridgehead atoms. The normalized spacial score (nSPS) is 21.2. The standard InChI is InChI=1S/C20H26N2O3.2C2HF3O2/c1-2-16-5-6-17(25-16)13-22-10-11-23-20-18(22)7-8-19(20)24-14-15-4-3-9-21-12-15;2*3-2(4,5)1(6)7/h3-6,9,12,18-20H,2,7-8,10-11,13-14H2,1H3;2*(H,6,7)/t18-,19+,20+;;/m0../s1. The van der Waals surface area contributed by atoms with E-state index in [4.69, 9.17) is 33.7 Å². The summed E-state index contributed by atoms with van der Waals surface area (Å²) >= 11 is 0. The second-order valence-electron chi connectivity index (χ2n) is 8.49. The summed E-state index contributed by atoms with van der Waals surface area (Å²) in [5, 5.41) is 14.2. The summed E-state index contributed by atoms with van der Waals surface area (Å²) in [7, 11) is 0. The van der Waals surface area contributed by atoms with Gasteiger partial charge in [0.25, 0.3) is 0 Å². The second-order valence-corrected chi connectivity index (χ2v) is 8.49. The van der Waals surface area contributed by atoms with E-state index in [1.165, 1.54) is 0 Å². The number of pyridine rings is 1. The van der Waals surface area contributed by atoms with Gasteiger partial charge in [0.2, 0.25) is 0 Å². The number of fused-ring (bicyclic) bond motifs is 1. The molecule has 2 aromatic heterocycles. The van der Waals surface area contributed by atoms with Crippen molar-refractivity contribution >= 4 is 11.9 Å². The fraction of sp³-hybridized carbons (Fsp3) is 0.542. The summed E-state index contributed by atoms with van der Waals surface area (Å²) in [6.45, 7) is 5.30. The molecule has 2 fully saturated rings. The van der Waals surface area contributed by atoms with Crippen molar-refractivity contribution in [3.8, 4) is 0 Å². The fourth-order valence-corrected chi connectivity index (χ4v) is 3.95. The molecule has 0 aromatic carbocycles. The van der Waals surface area contributed by atoms with E-state index in [1.54, 1.807) is 6.20 Å². The van der Waals surface area contributed by atoms with Crippen molar-refractivity contribution in [3.63, 3.8) is 0 Å². The molecule has 39 heavy (non-hydrogen) atoms. The predicted octanol–water partition coefficient (Wildman–Crippen LogP) is 4.45. The lowest BCUT2D eigenvalue weighted by molar-refractivity contribution is -0.193. The highest BCUT2D eigenvalue weighted by atomic mass is 19.4. The van der Waals surface area contributed by atoms with Crippen LogP contribution in [-0.2, 0) is 38.6 Å². The van der Waals surface area contributed by atoms with E-state index < -0.39 is 24.3 Å². The van der Waals surface area contributed by atoms with Gasteiger partial charge in [-0.2, -0.15) is 26.3 Å². The molecule has 1 aliphatic heterocycles. The van der Waals surface area contributed by atoms with Crippen molar-refractivity contribution in [2.24, 2.45) is 0 Å². The van der Waals surface area contributed by atoms with Gasteiger partial charge >= 0.3 is 24.3 Å². The average molecular weight is 570 g/mol. The van der Waals surface area contributed by atoms with Gasteiger partial charge < -0.3 is 24.1 Å². The maximum absolute atomic E-state index is 10.6. The van der Waals surface area contributed by atoms with Crippen molar-refractivity contribution in [1.82, 2.24) is 9.88 Å². The van der Waals surface area contributed by atoms with Crippen LogP contribution in [0.2, 0.25) is 0 Å². The molecule has 2 aromatic rings. The van der Waals surface area contributed by atoms with Crippen LogP contribution in [0.15, 0.2) is 41.1 Å². The van der Waals surface area contributed by atoms with Gasteiger partial charge in [-0.15, -0.1) is 0 Å². The molecule has 15 heteroatoms. The molecule has 1 aliphatic carbocycles. The summed E-state index contributed by atoms with van der Waals surface area (Å²) < 4.78 is 81.6. The number of carboxylic acids is 2. The minimum atomic E-state index is -5.08. The molecule has 1 saturated carbocycles. The predicted molar refractivity (Wildman–Crippen MR) is 121 cm³/mol. The van der Waals surface area contributed by atoms with Crippen molar-refractivity contribution in [3.05, 3.63) is 53.7 Å². The van der Waals surface area contributed by atoms with Crippen LogP contribution in [0.25, 0.3) is 0 Å². The Labute approximate surface area is 219 Å². The number of furan rings is 1. The third-order valence-electron chi connectivity index (χ3n) is 5.75. The Bertz CT molecular complexity index is 1020. The zero-order chi connectivity index (χ0) is 29.2. The number of rotatable bonds is 6. The van der Waals surface area contributed by atoms with Gasteiger partial charge in [-0.1, -0.05) is 13.0 Å². The number of carboxylic acid groups (broad SMARTS) is 2. The van der Waals surface area contributed by atoms with Crippen molar-refractivity contribution in [1.29, 1.82) is 0 Å². The van der Waals surface area contributed by atoms with E-state index in [9.17, 15) is 26.3 Å². The largest absolute Gasteiger partial charge is 0.490 e. The number of halogens is 6. The number of aliphatic carboxylic acids is 2. The van der Waals surface area contributed by atoms with Gasteiger partial charge in [0, 0.05) is 31.4 Å². The quantitative estimate of drug-likeness (QED) is 0.485. The molecule has 218 valence electrons. The van der Waals surface area contributed by atoms with Crippen LogP contribution in [0.4, 0.5) is 26.3 Å². The zero-order valence-corrected chi connectivity index (χ0v) is 20.7. The summed E-state index contributed by atoms with van der Waals surface area (Å²) in [6.07, 6.45) is -3.09. The first kappa shape index (κ1) is 32.0. The minimum Gasteiger partial charge on any atom is -0.475 e. The van der Waals surface area contributed by atoms with E-state index in [-0.39, 0.29) is 12.2 Å². The third kappa shape index (κ3) is 10.5. The number of ether oxygens (including phenoxy) is 2. The highest BCUT2D eigenvalue weighted by molar-refractivity contribution is 5.73. The highest BCUT2D eigenvalue weighted by Gasteiger charge is 2.43. The van der Waals surface area contributed by atoms with Crippen molar-refractivity contribution < 1.29 is 60.0 Å². The van der Waals surface area contributed by atoms with E-state index in [0.29, 0.717) is 12.6 Å². The first-order valence-corrected chi connectivity index (χ1v) is 11.8. The van der Waals surface area contributed by atoms with Crippen LogP contribution < -0.4 is 0 Å². The maximum atomic E-state index is 10.6. The molecule has 3 heterocycles. The van der Waals surface area contributed by atoms with Crippen LogP contribution in [0.5, 0.6) is 0 Å². The third-order valence-corrected chi connectivity index (χ3v) is 5.75. The number of hydrogen-bond acceptors (Lipinski definition) is 7. The van der Waals surface area contributed by atoms with Gasteiger partial charge in [-0.3, -0.25) is 9.88 Å². The van der Waals surface area contributed by atoms with Gasteiger partial charge in [-0.05, 0) is 36.6 Å². The summed E-state index contributed by atoms with van der Waals surface area (Å²) in [6, 6.07) is 8.61. The summed E-state index contributed by atoms with van der Waals surface area (Å²) in [5.74, 6) is -3.40. The Morgan fingerprint density at radius 1 is 1.05 bits per heavy atom. The minimum absolute atomic E-state index is 0.158. The second kappa shape index (κ2) is 14.3. The monoisotopic (exact) mass is 570 g/mol. The smallest absolute Gasteiger partial charge is 0.475 e. The number of morpholine rings is 1. The van der Waals surface area contributed by atoms with E-state index in [0.717, 1.165) is 56.0 Å². The SMILES string of the molecule is CCc1ccc(CN2CCO[C@H]3[C@H](OCc4cccnc4)CC[C@@H]32)o1.O=C(O)C(F)(F)F.O=C(O)C(F)(F)F. The lowest BCUT2D eigenvalue weighted by atomic mass is 10.1. The molecule has 4 rings (SSSR count). The van der Waals surface area contributed by atoms with Crippen LogP contribution in [0.1, 0.15) is 36.8 Å². The number of alkyl halides is 6. The number of nitrogens with zero attached hydrogens (tertiary/aromatic N) is 2. The Kier molecular flexibility index (Phi) is 11.7. The Hall–Kier alpha value is -3.17. The molecule has 0 radical (unpaired) electrons. The molecule has 2 N–H and O–H groups in total. The Morgan fingerprint density at radius 2 is 1.67 bits per heavy atom. The van der Waals surface area contributed by atoms with Gasteiger partial charge in [-0.25, -0.2) is 9.59 Å². The molecule has 2 aliphatic rings. The average Bonchev–Trinajstić information content (AvgIpc) is 3.50. The molecule has 3 atom stereocenters. The molecule has 1 saturated heterocycles. The van der Waals surface area contributed by atoms with E-state index in [1.807, 2.05) is 12.3 Å². The number of aryl methyl sites for hydroxylation is 1. The summed E-state index contributed by atoms with van der Waals surface area (Å²) in [4.78, 5) is 24.4. The molecular formula is C24H28F6N2O7. The van der Waals surface area contributed by atoms with Gasteiger partial charge in [0.15, 0.2) is 0 Å². The summed E-state index contributed by atoms with van der Waals surface area (Å²) in [5.41, 5.74) is 1.11. The molecule has 0 unspecified atom stereocenters. The van der Waals surface area contributed by atoms with Crippen LogP contribution in [0, 0.1) is 0 Å². The first-order valence-electron chi connectivity index (χ1n) is 11.8. The lowest BCUT2D eigenvalue weighted by Crippen LogP contribution is -2.51. The Balaban J connectivity index is 0.000000317. The molecule has 9 nitrogen and oxygen atoms in total. The number of hydrogen-bond donors (Lipinski definition) is 2. The molecule has 0 amide bonds. The van der Waals surface area contributed by atoms with Crippen LogP contribution in [-0.4, -0.2) is 75.8 Å². The van der Waals surface area contributed by atoms with E-state index >= 15 is 0 Å². The maximum Gasteiger partial charge on any atom is 0.490 e. The Morgan fingerprint density at radius 3 is 2.18 bits per heavy atom. The van der Waals surface area contributed by atoms with Gasteiger partial charge in [0.05, 0.1) is 32.0 Å². The lowest BCUT2D eigenvalue weighted by Gasteiger charge is -2.38. The molecular weight excluding hydrogens is 542 g/mol. The zero-order valence-electron chi connectivity index (χ0n) is 20.7. The first-order chi connectivity index (χ1) is 18.2. The van der Waals surface area contributed by atoms with E-state index in [2.05, 4.69) is 35.0 Å². The fourth-order valence-electron chi connectivity index (χ4n) is 3.95. The number of aromatic nitrogens is 1. The topological polar surface area (TPSA) is 122 Å². The number of carbonyl (C=O) groups is 2. The highest BCUT2D eigenvalue weighted by Crippen LogP contribution is 2.33. The van der Waals surface area contributed by atoms with Crippen LogP contribution >= 0.6 is 0 Å².